The number of hydrogen-bond acceptors (Lipinski definition) is 3. The summed E-state index contributed by atoms with van der Waals surface area (Å²) in [7, 11) is 5.38. The zero-order valence-corrected chi connectivity index (χ0v) is 11.9. The topological polar surface area (TPSA) is 53.2 Å². The van der Waals surface area contributed by atoms with Crippen LogP contribution in [0.15, 0.2) is 42.5 Å². The van der Waals surface area contributed by atoms with Crippen molar-refractivity contribution in [1.82, 2.24) is 5.32 Å². The van der Waals surface area contributed by atoms with Crippen LogP contribution < -0.4 is 16.0 Å². The molecule has 0 saturated carbocycles. The van der Waals surface area contributed by atoms with E-state index in [4.69, 9.17) is 0 Å². The van der Waals surface area contributed by atoms with Crippen LogP contribution in [-0.4, -0.2) is 27.1 Å². The number of carbonyl (C=O) groups excluding carboxylic acids is 1. The molecule has 0 radical (unpaired) electrons. The van der Waals surface area contributed by atoms with Crippen molar-refractivity contribution >= 4 is 17.3 Å². The molecule has 0 atom stereocenters. The molecule has 2 aromatic carbocycles. The first-order chi connectivity index (χ1) is 9.69. The van der Waals surface area contributed by atoms with Gasteiger partial charge >= 0.3 is 0 Å². The van der Waals surface area contributed by atoms with Gasteiger partial charge in [0.2, 0.25) is 0 Å². The molecule has 2 aromatic rings. The highest BCUT2D eigenvalue weighted by Crippen LogP contribution is 2.29. The summed E-state index contributed by atoms with van der Waals surface area (Å²) in [5, 5.41) is 8.88. The molecule has 0 aliphatic rings. The van der Waals surface area contributed by atoms with Crippen molar-refractivity contribution in [3.63, 3.8) is 0 Å². The van der Waals surface area contributed by atoms with Crippen molar-refractivity contribution in [3.05, 3.63) is 48.0 Å². The maximum atomic E-state index is 11.7. The zero-order chi connectivity index (χ0) is 14.5. The Labute approximate surface area is 119 Å². The van der Waals surface area contributed by atoms with Crippen LogP contribution in [-0.2, 0) is 0 Å². The van der Waals surface area contributed by atoms with E-state index in [9.17, 15) is 4.79 Å². The van der Waals surface area contributed by atoms with E-state index >= 15 is 0 Å². The molecule has 4 heteroatoms. The van der Waals surface area contributed by atoms with Crippen molar-refractivity contribution in [2.45, 2.75) is 0 Å². The maximum absolute atomic E-state index is 11.7. The molecule has 0 aromatic heterocycles. The van der Waals surface area contributed by atoms with Crippen LogP contribution in [0.3, 0.4) is 0 Å². The van der Waals surface area contributed by atoms with Gasteiger partial charge in [0.05, 0.1) is 0 Å². The quantitative estimate of drug-likeness (QED) is 0.800. The summed E-state index contributed by atoms with van der Waals surface area (Å²) in [5.41, 5.74) is 4.83. The molecule has 0 spiro atoms. The second kappa shape index (κ2) is 6.10. The van der Waals surface area contributed by atoms with Crippen LogP contribution in [0.1, 0.15) is 10.4 Å². The van der Waals surface area contributed by atoms with Gasteiger partial charge in [0.25, 0.3) is 5.91 Å². The third-order valence-corrected chi connectivity index (χ3v) is 3.26. The van der Waals surface area contributed by atoms with Crippen LogP contribution in [0, 0.1) is 0 Å². The van der Waals surface area contributed by atoms with Crippen molar-refractivity contribution in [2.75, 3.05) is 31.8 Å². The number of anilines is 2. The molecule has 3 N–H and O–H groups in total. The van der Waals surface area contributed by atoms with Crippen LogP contribution in [0.4, 0.5) is 11.4 Å². The second-order valence-corrected chi connectivity index (χ2v) is 4.42. The zero-order valence-electron chi connectivity index (χ0n) is 11.9. The van der Waals surface area contributed by atoms with E-state index in [1.807, 2.05) is 44.4 Å². The molecule has 0 unspecified atom stereocenters. The molecule has 0 aliphatic heterocycles. The minimum atomic E-state index is -0.0846. The molecule has 0 bridgehead atoms. The summed E-state index contributed by atoms with van der Waals surface area (Å²) in [6, 6.07) is 13.8. The van der Waals surface area contributed by atoms with Crippen molar-refractivity contribution in [1.29, 1.82) is 0 Å². The molecule has 0 aliphatic carbocycles. The lowest BCUT2D eigenvalue weighted by Gasteiger charge is -2.12. The van der Waals surface area contributed by atoms with Crippen LogP contribution in [0.25, 0.3) is 11.1 Å². The van der Waals surface area contributed by atoms with Gasteiger partial charge < -0.3 is 16.0 Å². The fourth-order valence-electron chi connectivity index (χ4n) is 2.10. The van der Waals surface area contributed by atoms with E-state index in [0.717, 1.165) is 22.5 Å². The average molecular weight is 269 g/mol. The standard InChI is InChI=1S/C16H19N3O/c1-17-13-7-4-11(5-8-13)14-9-6-12(16(20)19-3)10-15(14)18-2/h4-10,17-18H,1-3H3,(H,19,20). The first kappa shape index (κ1) is 13.9. The molecular formula is C16H19N3O. The van der Waals surface area contributed by atoms with E-state index in [2.05, 4.69) is 28.1 Å². The van der Waals surface area contributed by atoms with E-state index in [1.165, 1.54) is 0 Å². The van der Waals surface area contributed by atoms with E-state index in [0.29, 0.717) is 5.56 Å². The van der Waals surface area contributed by atoms with Crippen molar-refractivity contribution < 1.29 is 4.79 Å². The largest absolute Gasteiger partial charge is 0.388 e. The molecule has 0 fully saturated rings. The SMILES string of the molecule is CNC(=O)c1ccc(-c2ccc(NC)cc2)c(NC)c1. The highest BCUT2D eigenvalue weighted by atomic mass is 16.1. The molecule has 0 saturated heterocycles. The molecule has 4 nitrogen and oxygen atoms in total. The Kier molecular flexibility index (Phi) is 4.25. The Hall–Kier alpha value is -2.49. The fourth-order valence-corrected chi connectivity index (χ4v) is 2.10. The van der Waals surface area contributed by atoms with Gasteiger partial charge in [0.15, 0.2) is 0 Å². The van der Waals surface area contributed by atoms with Crippen molar-refractivity contribution in [3.8, 4) is 11.1 Å². The van der Waals surface area contributed by atoms with E-state index in [-0.39, 0.29) is 5.91 Å². The monoisotopic (exact) mass is 269 g/mol. The molecule has 2 rings (SSSR count). The average Bonchev–Trinajstić information content (AvgIpc) is 2.53. The summed E-state index contributed by atoms with van der Waals surface area (Å²) in [6.07, 6.45) is 0. The Bertz CT molecular complexity index is 606. The number of carbonyl (C=O) groups is 1. The predicted molar refractivity (Wildman–Crippen MR) is 84.4 cm³/mol. The Morgan fingerprint density at radius 1 is 0.900 bits per heavy atom. The van der Waals surface area contributed by atoms with E-state index < -0.39 is 0 Å². The molecule has 0 heterocycles. The van der Waals surface area contributed by atoms with Gasteiger partial charge in [-0.2, -0.15) is 0 Å². The van der Waals surface area contributed by atoms with Crippen LogP contribution in [0.2, 0.25) is 0 Å². The minimum absolute atomic E-state index is 0.0846. The highest BCUT2D eigenvalue weighted by molar-refractivity contribution is 5.96. The molecule has 20 heavy (non-hydrogen) atoms. The summed E-state index contributed by atoms with van der Waals surface area (Å²) in [4.78, 5) is 11.7. The Morgan fingerprint density at radius 3 is 2.15 bits per heavy atom. The minimum Gasteiger partial charge on any atom is -0.388 e. The molecular weight excluding hydrogens is 250 g/mol. The lowest BCUT2D eigenvalue weighted by Crippen LogP contribution is -2.17. The summed E-state index contributed by atoms with van der Waals surface area (Å²) in [5.74, 6) is -0.0846. The molecule has 1 amide bonds. The normalized spacial score (nSPS) is 9.95. The fraction of sp³-hybridized carbons (Fsp3) is 0.188. The first-order valence-corrected chi connectivity index (χ1v) is 6.51. The number of benzene rings is 2. The Morgan fingerprint density at radius 2 is 1.60 bits per heavy atom. The van der Waals surface area contributed by atoms with E-state index in [1.54, 1.807) is 7.05 Å². The van der Waals surface area contributed by atoms with Gasteiger partial charge in [0.1, 0.15) is 0 Å². The van der Waals surface area contributed by atoms with Gasteiger partial charge in [-0.25, -0.2) is 0 Å². The maximum Gasteiger partial charge on any atom is 0.251 e. The predicted octanol–water partition coefficient (Wildman–Crippen LogP) is 2.80. The lowest BCUT2D eigenvalue weighted by molar-refractivity contribution is 0.0963. The number of rotatable bonds is 4. The van der Waals surface area contributed by atoms with Crippen LogP contribution >= 0.6 is 0 Å². The molecule has 104 valence electrons. The van der Waals surface area contributed by atoms with Gasteiger partial charge in [-0.05, 0) is 29.8 Å². The number of amides is 1. The summed E-state index contributed by atoms with van der Waals surface area (Å²) < 4.78 is 0. The highest BCUT2D eigenvalue weighted by Gasteiger charge is 2.09. The third kappa shape index (κ3) is 2.74. The second-order valence-electron chi connectivity index (χ2n) is 4.42. The van der Waals surface area contributed by atoms with Crippen LogP contribution in [0.5, 0.6) is 0 Å². The van der Waals surface area contributed by atoms with Gasteiger partial charge in [-0.3, -0.25) is 4.79 Å². The van der Waals surface area contributed by atoms with Crippen molar-refractivity contribution in [2.24, 2.45) is 0 Å². The number of hydrogen-bond donors (Lipinski definition) is 3. The number of nitrogens with one attached hydrogen (secondary N) is 3. The third-order valence-electron chi connectivity index (χ3n) is 3.26. The summed E-state index contributed by atoms with van der Waals surface area (Å²) in [6.45, 7) is 0. The lowest BCUT2D eigenvalue weighted by atomic mass is 10.0. The summed E-state index contributed by atoms with van der Waals surface area (Å²) >= 11 is 0. The smallest absolute Gasteiger partial charge is 0.251 e. The van der Waals surface area contributed by atoms with Gasteiger partial charge in [-0.1, -0.05) is 18.2 Å². The Balaban J connectivity index is 2.42. The first-order valence-electron chi connectivity index (χ1n) is 6.51. The van der Waals surface area contributed by atoms with Gasteiger partial charge in [-0.15, -0.1) is 0 Å². The van der Waals surface area contributed by atoms with Gasteiger partial charge in [0, 0.05) is 43.6 Å².